The summed E-state index contributed by atoms with van der Waals surface area (Å²) in [7, 11) is 0. The van der Waals surface area contributed by atoms with Crippen LogP contribution in [-0.4, -0.2) is 24.5 Å². The second-order valence-corrected chi connectivity index (χ2v) is 9.07. The third-order valence-corrected chi connectivity index (χ3v) is 7.22. The molecule has 35 heavy (non-hydrogen) atoms. The zero-order chi connectivity index (χ0) is 23.4. The number of ether oxygens (including phenoxy) is 4. The Labute approximate surface area is 201 Å². The number of nitrogens with one attached hydrogen (secondary N) is 1. The van der Waals surface area contributed by atoms with Crippen LogP contribution >= 0.6 is 0 Å². The molecule has 1 N–H and O–H groups in total. The molecule has 7 nitrogen and oxygen atoms in total. The van der Waals surface area contributed by atoms with E-state index in [1.165, 1.54) is 0 Å². The minimum atomic E-state index is -0.269. The van der Waals surface area contributed by atoms with Crippen LogP contribution < -0.4 is 24.3 Å². The normalized spacial score (nSPS) is 21.5. The summed E-state index contributed by atoms with van der Waals surface area (Å²) in [5, 5.41) is 4.16. The first kappa shape index (κ1) is 20.1. The van der Waals surface area contributed by atoms with Crippen molar-refractivity contribution in [3.05, 3.63) is 84.1 Å². The number of hydrogen-bond acceptors (Lipinski definition) is 6. The van der Waals surface area contributed by atoms with E-state index in [4.69, 9.17) is 18.9 Å². The van der Waals surface area contributed by atoms with E-state index < -0.39 is 0 Å². The largest absolute Gasteiger partial charge is 0.454 e. The van der Waals surface area contributed by atoms with Gasteiger partial charge in [0.2, 0.25) is 19.5 Å². The van der Waals surface area contributed by atoms with E-state index in [9.17, 15) is 4.79 Å². The Morgan fingerprint density at radius 1 is 0.771 bits per heavy atom. The van der Waals surface area contributed by atoms with Crippen LogP contribution in [0.1, 0.15) is 29.4 Å². The number of pyridine rings is 1. The Kier molecular flexibility index (Phi) is 4.55. The second kappa shape index (κ2) is 7.91. The number of para-hydroxylation sites is 1. The molecule has 1 amide bonds. The third-order valence-electron chi connectivity index (χ3n) is 7.22. The van der Waals surface area contributed by atoms with Gasteiger partial charge in [0, 0.05) is 11.6 Å². The maximum absolute atomic E-state index is 13.8. The summed E-state index contributed by atoms with van der Waals surface area (Å²) < 4.78 is 22.2. The van der Waals surface area contributed by atoms with Gasteiger partial charge in [0.15, 0.2) is 23.0 Å². The number of anilines is 1. The first-order valence-corrected chi connectivity index (χ1v) is 11.7. The lowest BCUT2D eigenvalue weighted by molar-refractivity contribution is -0.124. The van der Waals surface area contributed by atoms with Crippen molar-refractivity contribution < 1.29 is 23.7 Å². The van der Waals surface area contributed by atoms with Gasteiger partial charge in [0.25, 0.3) is 0 Å². The Balaban J connectivity index is 1.24. The number of carbonyl (C=O) groups excluding carboxylic acids is 1. The summed E-state index contributed by atoms with van der Waals surface area (Å²) in [6.07, 6.45) is 2.58. The van der Waals surface area contributed by atoms with E-state index in [2.05, 4.69) is 10.3 Å². The molecule has 1 aliphatic carbocycles. The van der Waals surface area contributed by atoms with Crippen molar-refractivity contribution in [1.29, 1.82) is 0 Å². The summed E-state index contributed by atoms with van der Waals surface area (Å²) in [5.74, 6) is 2.73. The van der Waals surface area contributed by atoms with Crippen LogP contribution in [-0.2, 0) is 4.79 Å². The fourth-order valence-electron chi connectivity index (χ4n) is 5.41. The van der Waals surface area contributed by atoms with Crippen LogP contribution in [0.5, 0.6) is 23.0 Å². The summed E-state index contributed by atoms with van der Waals surface area (Å²) in [6, 6.07) is 21.6. The third kappa shape index (κ3) is 3.34. The standard InChI is InChI=1S/C28H22N2O5/c31-28(30-21-5-1-3-16-4-2-10-29-27(16)21)26-19(17-6-8-22-24(11-17)34-14-32-22)13-20(26)18-7-9-23-25(12-18)35-15-33-23/h1-12,19-20,26H,13-15H2,(H,30,31)/t19-,20+,26?. The number of amides is 1. The molecule has 1 fully saturated rings. The summed E-state index contributed by atoms with van der Waals surface area (Å²) in [6.45, 7) is 0.447. The number of fused-ring (bicyclic) bond motifs is 3. The van der Waals surface area contributed by atoms with E-state index in [-0.39, 0.29) is 37.2 Å². The molecule has 1 saturated carbocycles. The van der Waals surface area contributed by atoms with Crippen molar-refractivity contribution >= 4 is 22.5 Å². The molecular weight excluding hydrogens is 444 g/mol. The molecule has 1 aromatic heterocycles. The first-order valence-electron chi connectivity index (χ1n) is 11.7. The van der Waals surface area contributed by atoms with Crippen LogP contribution in [0.3, 0.4) is 0 Å². The van der Waals surface area contributed by atoms with Crippen molar-refractivity contribution in [2.75, 3.05) is 18.9 Å². The molecule has 1 unspecified atom stereocenters. The molecule has 3 heterocycles. The fourth-order valence-corrected chi connectivity index (χ4v) is 5.41. The average molecular weight is 466 g/mol. The predicted molar refractivity (Wildman–Crippen MR) is 129 cm³/mol. The quantitative estimate of drug-likeness (QED) is 0.444. The molecule has 7 heteroatoms. The van der Waals surface area contributed by atoms with Crippen LogP contribution in [0, 0.1) is 5.92 Å². The summed E-state index contributed by atoms with van der Waals surface area (Å²) in [5.41, 5.74) is 3.64. The second-order valence-electron chi connectivity index (χ2n) is 9.07. The minimum Gasteiger partial charge on any atom is -0.454 e. The van der Waals surface area contributed by atoms with Crippen molar-refractivity contribution in [3.8, 4) is 23.0 Å². The molecule has 174 valence electrons. The Morgan fingerprint density at radius 3 is 2.09 bits per heavy atom. The zero-order valence-corrected chi connectivity index (χ0v) is 18.8. The molecule has 0 bridgehead atoms. The van der Waals surface area contributed by atoms with E-state index >= 15 is 0 Å². The topological polar surface area (TPSA) is 78.9 Å². The Bertz CT molecular complexity index is 1400. The summed E-state index contributed by atoms with van der Waals surface area (Å²) >= 11 is 0. The molecule has 0 saturated heterocycles. The van der Waals surface area contributed by atoms with Crippen molar-refractivity contribution in [3.63, 3.8) is 0 Å². The van der Waals surface area contributed by atoms with Crippen LogP contribution in [0.2, 0.25) is 0 Å². The van der Waals surface area contributed by atoms with Gasteiger partial charge in [-0.1, -0.05) is 30.3 Å². The van der Waals surface area contributed by atoms with Gasteiger partial charge in [0.05, 0.1) is 17.1 Å². The number of nitrogens with zero attached hydrogens (tertiary/aromatic N) is 1. The van der Waals surface area contributed by atoms with Crippen molar-refractivity contribution in [2.45, 2.75) is 18.3 Å². The number of carbonyl (C=O) groups is 1. The van der Waals surface area contributed by atoms with Crippen LogP contribution in [0.15, 0.2) is 72.9 Å². The van der Waals surface area contributed by atoms with Gasteiger partial charge < -0.3 is 24.3 Å². The Hall–Kier alpha value is -4.26. The van der Waals surface area contributed by atoms with Gasteiger partial charge in [-0.2, -0.15) is 0 Å². The number of rotatable bonds is 4. The van der Waals surface area contributed by atoms with Crippen molar-refractivity contribution in [2.24, 2.45) is 5.92 Å². The molecule has 3 aromatic carbocycles. The molecule has 3 atom stereocenters. The SMILES string of the molecule is O=C(Nc1cccc2cccnc12)C1[C@@H](c2ccc3c(c2)OCO3)C[C@H]1c1ccc2c(c1)OCO2. The molecule has 0 spiro atoms. The monoisotopic (exact) mass is 466 g/mol. The number of aromatic nitrogens is 1. The maximum atomic E-state index is 13.8. The van der Waals surface area contributed by atoms with Crippen LogP contribution in [0.4, 0.5) is 5.69 Å². The van der Waals surface area contributed by atoms with E-state index in [1.807, 2.05) is 66.7 Å². The lowest BCUT2D eigenvalue weighted by Crippen LogP contribution is -2.42. The number of benzene rings is 3. The van der Waals surface area contributed by atoms with Crippen LogP contribution in [0.25, 0.3) is 10.9 Å². The minimum absolute atomic E-state index is 0.0280. The average Bonchev–Trinajstić information content (AvgIpc) is 3.52. The van der Waals surface area contributed by atoms with Gasteiger partial charge in [-0.05, 0) is 65.8 Å². The molecule has 4 aromatic rings. The zero-order valence-electron chi connectivity index (χ0n) is 18.8. The van der Waals surface area contributed by atoms with Crippen molar-refractivity contribution in [1.82, 2.24) is 4.98 Å². The van der Waals surface area contributed by atoms with E-state index in [1.54, 1.807) is 6.20 Å². The highest BCUT2D eigenvalue weighted by molar-refractivity contribution is 6.02. The molecular formula is C28H22N2O5. The highest BCUT2D eigenvalue weighted by Crippen LogP contribution is 2.55. The van der Waals surface area contributed by atoms with Gasteiger partial charge in [-0.3, -0.25) is 9.78 Å². The van der Waals surface area contributed by atoms with Gasteiger partial charge in [-0.15, -0.1) is 0 Å². The van der Waals surface area contributed by atoms with E-state index in [0.717, 1.165) is 51.4 Å². The predicted octanol–water partition coefficient (Wildman–Crippen LogP) is 5.22. The highest BCUT2D eigenvalue weighted by Gasteiger charge is 2.47. The molecule has 2 aliphatic heterocycles. The molecule has 7 rings (SSSR count). The lowest BCUT2D eigenvalue weighted by Gasteiger charge is -2.44. The molecule has 3 aliphatic rings. The maximum Gasteiger partial charge on any atom is 0.231 e. The number of hydrogen-bond donors (Lipinski definition) is 1. The first-order chi connectivity index (χ1) is 17.2. The highest BCUT2D eigenvalue weighted by atomic mass is 16.7. The summed E-state index contributed by atoms with van der Waals surface area (Å²) in [4.78, 5) is 18.3. The van der Waals surface area contributed by atoms with Gasteiger partial charge in [-0.25, -0.2) is 0 Å². The molecule has 0 radical (unpaired) electrons. The smallest absolute Gasteiger partial charge is 0.231 e. The lowest BCUT2D eigenvalue weighted by atomic mass is 9.59. The van der Waals surface area contributed by atoms with Gasteiger partial charge >= 0.3 is 0 Å². The van der Waals surface area contributed by atoms with E-state index in [0.29, 0.717) is 5.69 Å². The fraction of sp³-hybridized carbons (Fsp3) is 0.214. The Morgan fingerprint density at radius 2 is 1.40 bits per heavy atom. The van der Waals surface area contributed by atoms with Gasteiger partial charge in [0.1, 0.15) is 0 Å².